The van der Waals surface area contributed by atoms with E-state index in [1.54, 1.807) is 24.3 Å². The lowest BCUT2D eigenvalue weighted by Gasteiger charge is -2.14. The molecule has 0 bridgehead atoms. The Morgan fingerprint density at radius 1 is 0.810 bits per heavy atom. The molecular weight excluding hydrogens is 406 g/mol. The summed E-state index contributed by atoms with van der Waals surface area (Å²) in [4.78, 5) is 0. The number of hydrogen-bond donors (Lipinski definition) is 1. The van der Waals surface area contributed by atoms with Gasteiger partial charge in [-0.25, -0.2) is 22.0 Å². The van der Waals surface area contributed by atoms with Crippen LogP contribution in [0.2, 0.25) is 0 Å². The molecule has 0 saturated heterocycles. The van der Waals surface area contributed by atoms with Gasteiger partial charge in [-0.2, -0.15) is 0 Å². The first-order chi connectivity index (χ1) is 9.82. The highest BCUT2D eigenvalue weighted by atomic mass is 127. The van der Waals surface area contributed by atoms with Crippen molar-refractivity contribution in [3.05, 3.63) is 68.0 Å². The standard InChI is InChI=1S/C14H8F5IO/c15-10-9(11(16)13(18)14(19)12(10)17)8(21)5-6-1-3-7(20)4-2-6/h1-4,8,21H,5H2. The molecule has 0 aromatic heterocycles. The van der Waals surface area contributed by atoms with Crippen LogP contribution < -0.4 is 0 Å². The summed E-state index contributed by atoms with van der Waals surface area (Å²) in [5, 5.41) is 9.81. The van der Waals surface area contributed by atoms with Gasteiger partial charge >= 0.3 is 0 Å². The molecule has 1 N–H and O–H groups in total. The van der Waals surface area contributed by atoms with Crippen LogP contribution in [0.4, 0.5) is 22.0 Å². The minimum atomic E-state index is -2.24. The number of halogens is 6. The Labute approximate surface area is 130 Å². The van der Waals surface area contributed by atoms with Crippen molar-refractivity contribution in [2.75, 3.05) is 0 Å². The molecule has 2 aromatic carbocycles. The molecule has 0 spiro atoms. The van der Waals surface area contributed by atoms with Crippen molar-refractivity contribution >= 4 is 22.6 Å². The Bertz CT molecular complexity index is 643. The average Bonchev–Trinajstić information content (AvgIpc) is 2.46. The summed E-state index contributed by atoms with van der Waals surface area (Å²) < 4.78 is 67.1. The molecule has 2 rings (SSSR count). The second-order valence-electron chi connectivity index (χ2n) is 4.33. The van der Waals surface area contributed by atoms with Gasteiger partial charge in [-0.1, -0.05) is 12.1 Å². The summed E-state index contributed by atoms with van der Waals surface area (Å²) >= 11 is 2.04. The molecule has 0 aliphatic heterocycles. The van der Waals surface area contributed by atoms with Crippen LogP contribution in [0, 0.1) is 32.7 Å². The van der Waals surface area contributed by atoms with E-state index in [0.717, 1.165) is 3.57 Å². The molecule has 1 atom stereocenters. The predicted molar refractivity (Wildman–Crippen MR) is 74.1 cm³/mol. The second kappa shape index (κ2) is 6.27. The SMILES string of the molecule is OC(Cc1ccc(I)cc1)c1c(F)c(F)c(F)c(F)c1F. The fraction of sp³-hybridized carbons (Fsp3) is 0.143. The maximum atomic E-state index is 13.5. The van der Waals surface area contributed by atoms with Gasteiger partial charge in [0.05, 0.1) is 11.7 Å². The van der Waals surface area contributed by atoms with Crippen LogP contribution in [-0.2, 0) is 6.42 Å². The van der Waals surface area contributed by atoms with E-state index in [0.29, 0.717) is 5.56 Å². The number of aliphatic hydroxyl groups is 1. The first-order valence-electron chi connectivity index (χ1n) is 5.76. The summed E-state index contributed by atoms with van der Waals surface area (Å²) in [5.41, 5.74) is -0.711. The second-order valence-corrected chi connectivity index (χ2v) is 5.58. The first-order valence-corrected chi connectivity index (χ1v) is 6.84. The topological polar surface area (TPSA) is 20.2 Å². The van der Waals surface area contributed by atoms with E-state index in [2.05, 4.69) is 0 Å². The Kier molecular flexibility index (Phi) is 4.82. The third kappa shape index (κ3) is 3.18. The molecule has 0 saturated carbocycles. The minimum absolute atomic E-state index is 0.269. The van der Waals surface area contributed by atoms with Gasteiger partial charge in [0.2, 0.25) is 5.82 Å². The van der Waals surface area contributed by atoms with Crippen LogP contribution in [0.1, 0.15) is 17.2 Å². The molecule has 7 heteroatoms. The van der Waals surface area contributed by atoms with E-state index in [4.69, 9.17) is 0 Å². The fourth-order valence-electron chi connectivity index (χ4n) is 1.86. The Hall–Kier alpha value is -1.22. The quantitative estimate of drug-likeness (QED) is 0.345. The maximum Gasteiger partial charge on any atom is 0.200 e. The van der Waals surface area contributed by atoms with Crippen molar-refractivity contribution < 1.29 is 27.1 Å². The third-order valence-electron chi connectivity index (χ3n) is 2.92. The van der Waals surface area contributed by atoms with Crippen LogP contribution in [-0.4, -0.2) is 5.11 Å². The first kappa shape index (κ1) is 16.2. The van der Waals surface area contributed by atoms with Gasteiger partial charge in [0.25, 0.3) is 0 Å². The lowest BCUT2D eigenvalue weighted by atomic mass is 10.00. The zero-order chi connectivity index (χ0) is 15.7. The lowest BCUT2D eigenvalue weighted by molar-refractivity contribution is 0.164. The highest BCUT2D eigenvalue weighted by molar-refractivity contribution is 14.1. The molecular formula is C14H8F5IO. The molecule has 21 heavy (non-hydrogen) atoms. The number of hydrogen-bond acceptors (Lipinski definition) is 1. The maximum absolute atomic E-state index is 13.5. The highest BCUT2D eigenvalue weighted by Gasteiger charge is 2.29. The summed E-state index contributed by atoms with van der Waals surface area (Å²) in [6.07, 6.45) is -2.11. The minimum Gasteiger partial charge on any atom is -0.388 e. The van der Waals surface area contributed by atoms with E-state index in [1.807, 2.05) is 22.6 Å². The number of benzene rings is 2. The van der Waals surface area contributed by atoms with E-state index in [9.17, 15) is 27.1 Å². The Morgan fingerprint density at radius 3 is 1.71 bits per heavy atom. The van der Waals surface area contributed by atoms with Gasteiger partial charge in [-0.05, 0) is 40.3 Å². The highest BCUT2D eigenvalue weighted by Crippen LogP contribution is 2.29. The third-order valence-corrected chi connectivity index (χ3v) is 3.64. The number of aliphatic hydroxyl groups excluding tert-OH is 1. The predicted octanol–water partition coefficient (Wildman–Crippen LogP) is 4.26. The monoisotopic (exact) mass is 414 g/mol. The lowest BCUT2D eigenvalue weighted by Crippen LogP contribution is -2.13. The molecule has 2 aromatic rings. The fourth-order valence-corrected chi connectivity index (χ4v) is 2.22. The van der Waals surface area contributed by atoms with Crippen LogP contribution in [0.25, 0.3) is 0 Å². The van der Waals surface area contributed by atoms with E-state index in [-0.39, 0.29) is 6.42 Å². The van der Waals surface area contributed by atoms with E-state index < -0.39 is 40.8 Å². The molecule has 1 nitrogen and oxygen atoms in total. The van der Waals surface area contributed by atoms with Gasteiger partial charge in [-0.3, -0.25) is 0 Å². The largest absolute Gasteiger partial charge is 0.388 e. The molecule has 1 unspecified atom stereocenters. The molecule has 0 aliphatic carbocycles. The van der Waals surface area contributed by atoms with Gasteiger partial charge in [0.1, 0.15) is 0 Å². The van der Waals surface area contributed by atoms with E-state index in [1.165, 1.54) is 0 Å². The zero-order valence-corrected chi connectivity index (χ0v) is 12.5. The zero-order valence-electron chi connectivity index (χ0n) is 10.3. The van der Waals surface area contributed by atoms with Crippen LogP contribution >= 0.6 is 22.6 Å². The van der Waals surface area contributed by atoms with Crippen LogP contribution in [0.3, 0.4) is 0 Å². The normalized spacial score (nSPS) is 12.5. The molecule has 112 valence electrons. The van der Waals surface area contributed by atoms with Crippen molar-refractivity contribution in [3.63, 3.8) is 0 Å². The molecule has 0 fully saturated rings. The van der Waals surface area contributed by atoms with E-state index >= 15 is 0 Å². The van der Waals surface area contributed by atoms with Crippen molar-refractivity contribution in [1.29, 1.82) is 0 Å². The molecule has 0 amide bonds. The summed E-state index contributed by atoms with van der Waals surface area (Å²) in [6, 6.07) is 6.58. The van der Waals surface area contributed by atoms with Gasteiger partial charge in [0, 0.05) is 9.99 Å². The summed E-state index contributed by atoms with van der Waals surface area (Å²) in [7, 11) is 0. The summed E-state index contributed by atoms with van der Waals surface area (Å²) in [5.74, 6) is -10.4. The molecule has 0 radical (unpaired) electrons. The van der Waals surface area contributed by atoms with Gasteiger partial charge in [0.15, 0.2) is 23.3 Å². The number of rotatable bonds is 3. The van der Waals surface area contributed by atoms with Crippen molar-refractivity contribution in [1.82, 2.24) is 0 Å². The summed E-state index contributed by atoms with van der Waals surface area (Å²) in [6.45, 7) is 0. The molecule has 0 heterocycles. The van der Waals surface area contributed by atoms with Gasteiger partial charge < -0.3 is 5.11 Å². The smallest absolute Gasteiger partial charge is 0.200 e. The van der Waals surface area contributed by atoms with Crippen molar-refractivity contribution in [2.45, 2.75) is 12.5 Å². The average molecular weight is 414 g/mol. The van der Waals surface area contributed by atoms with Gasteiger partial charge in [-0.15, -0.1) is 0 Å². The van der Waals surface area contributed by atoms with Crippen molar-refractivity contribution in [2.24, 2.45) is 0 Å². The van der Waals surface area contributed by atoms with Crippen molar-refractivity contribution in [3.8, 4) is 0 Å². The molecule has 0 aliphatic rings. The van der Waals surface area contributed by atoms with Crippen LogP contribution in [0.5, 0.6) is 0 Å². The van der Waals surface area contributed by atoms with Crippen LogP contribution in [0.15, 0.2) is 24.3 Å². The Morgan fingerprint density at radius 2 is 1.24 bits per heavy atom. The Balaban J connectivity index is 2.39.